The van der Waals surface area contributed by atoms with Gasteiger partial charge in [-0.25, -0.2) is 9.31 Å². The molecule has 0 bridgehead atoms. The highest BCUT2D eigenvalue weighted by atomic mass is 16.4. The Morgan fingerprint density at radius 1 is 1.12 bits per heavy atom. The molecular weight excluding hydrogens is 306 g/mol. The lowest BCUT2D eigenvalue weighted by atomic mass is 10.0. The van der Waals surface area contributed by atoms with Gasteiger partial charge in [-0.2, -0.15) is 4.98 Å². The summed E-state index contributed by atoms with van der Waals surface area (Å²) >= 11 is 0. The van der Waals surface area contributed by atoms with Crippen molar-refractivity contribution in [2.75, 3.05) is 10.6 Å². The number of carboxylic acid groups (broad SMARTS) is 1. The fourth-order valence-corrected chi connectivity index (χ4v) is 2.66. The molecule has 0 unspecified atom stereocenters. The average Bonchev–Trinajstić information content (AvgIpc) is 2.85. The van der Waals surface area contributed by atoms with E-state index < -0.39 is 11.6 Å². The van der Waals surface area contributed by atoms with Crippen molar-refractivity contribution in [1.29, 1.82) is 0 Å². The number of carbonyl (C=O) groups is 1. The van der Waals surface area contributed by atoms with Gasteiger partial charge in [-0.1, -0.05) is 12.1 Å². The Hall–Kier alpha value is -3.09. The van der Waals surface area contributed by atoms with Crippen LogP contribution in [0, 0.1) is 0 Å². The van der Waals surface area contributed by atoms with Gasteiger partial charge in [-0.15, -0.1) is 5.10 Å². The van der Waals surface area contributed by atoms with E-state index >= 15 is 0 Å². The standard InChI is InChI=1S/C17H19N5O2/c1-17(2,3)22(16(23)24)13-7-4-11(5-8-13)12-6-9-14-19-15(18)20-21(14)10-12/h4-10H,1-3H3,(H2,18,20)(H,23,24). The fraction of sp³-hybridized carbons (Fsp3) is 0.235. The van der Waals surface area contributed by atoms with E-state index in [0.717, 1.165) is 11.1 Å². The molecule has 0 fully saturated rings. The maximum atomic E-state index is 11.5. The molecule has 3 N–H and O–H groups in total. The van der Waals surface area contributed by atoms with Gasteiger partial charge in [0.2, 0.25) is 5.95 Å². The Labute approximate surface area is 139 Å². The SMILES string of the molecule is CC(C)(C)N(C(=O)O)c1ccc(-c2ccc3nc(N)nn3c2)cc1. The number of benzene rings is 1. The minimum atomic E-state index is -0.977. The minimum Gasteiger partial charge on any atom is -0.465 e. The van der Waals surface area contributed by atoms with Gasteiger partial charge >= 0.3 is 6.09 Å². The number of amides is 1. The topological polar surface area (TPSA) is 96.8 Å². The molecule has 3 aromatic rings. The van der Waals surface area contributed by atoms with Crippen LogP contribution in [0.25, 0.3) is 16.8 Å². The lowest BCUT2D eigenvalue weighted by Gasteiger charge is -2.33. The molecule has 2 heterocycles. The van der Waals surface area contributed by atoms with Gasteiger partial charge in [0.1, 0.15) is 0 Å². The van der Waals surface area contributed by atoms with Crippen LogP contribution in [-0.4, -0.2) is 31.3 Å². The third-order valence-electron chi connectivity index (χ3n) is 3.67. The minimum absolute atomic E-state index is 0.227. The quantitative estimate of drug-likeness (QED) is 0.754. The molecule has 3 rings (SSSR count). The number of anilines is 2. The number of fused-ring (bicyclic) bond motifs is 1. The highest BCUT2D eigenvalue weighted by Crippen LogP contribution is 2.27. The first-order valence-corrected chi connectivity index (χ1v) is 7.51. The molecule has 1 aromatic carbocycles. The molecule has 2 aromatic heterocycles. The third-order valence-corrected chi connectivity index (χ3v) is 3.67. The summed E-state index contributed by atoms with van der Waals surface area (Å²) in [6.07, 6.45) is 0.863. The lowest BCUT2D eigenvalue weighted by Crippen LogP contribution is -2.45. The molecule has 124 valence electrons. The van der Waals surface area contributed by atoms with Crippen molar-refractivity contribution in [3.05, 3.63) is 42.6 Å². The second-order valence-electron chi connectivity index (χ2n) is 6.53. The number of nitrogens with zero attached hydrogens (tertiary/aromatic N) is 4. The molecular formula is C17H19N5O2. The summed E-state index contributed by atoms with van der Waals surface area (Å²) in [4.78, 5) is 17.0. The molecule has 1 amide bonds. The van der Waals surface area contributed by atoms with Crippen molar-refractivity contribution >= 4 is 23.4 Å². The summed E-state index contributed by atoms with van der Waals surface area (Å²) < 4.78 is 1.62. The van der Waals surface area contributed by atoms with E-state index in [4.69, 9.17) is 5.73 Å². The van der Waals surface area contributed by atoms with E-state index in [0.29, 0.717) is 11.3 Å². The Balaban J connectivity index is 1.97. The van der Waals surface area contributed by atoms with Gasteiger partial charge < -0.3 is 10.8 Å². The van der Waals surface area contributed by atoms with Crippen LogP contribution >= 0.6 is 0 Å². The van der Waals surface area contributed by atoms with Crippen LogP contribution in [0.2, 0.25) is 0 Å². The van der Waals surface area contributed by atoms with Crippen molar-refractivity contribution in [2.45, 2.75) is 26.3 Å². The van der Waals surface area contributed by atoms with Crippen LogP contribution < -0.4 is 10.6 Å². The number of hydrogen-bond donors (Lipinski definition) is 2. The molecule has 0 aliphatic carbocycles. The second kappa shape index (κ2) is 5.52. The highest BCUT2D eigenvalue weighted by molar-refractivity contribution is 5.88. The van der Waals surface area contributed by atoms with Crippen molar-refractivity contribution in [2.24, 2.45) is 0 Å². The van der Waals surface area contributed by atoms with Crippen LogP contribution in [-0.2, 0) is 0 Å². The zero-order valence-electron chi connectivity index (χ0n) is 13.8. The van der Waals surface area contributed by atoms with Gasteiger partial charge in [-0.3, -0.25) is 4.90 Å². The Morgan fingerprint density at radius 2 is 1.75 bits per heavy atom. The largest absolute Gasteiger partial charge is 0.465 e. The van der Waals surface area contributed by atoms with Crippen LogP contribution in [0.15, 0.2) is 42.6 Å². The maximum Gasteiger partial charge on any atom is 0.412 e. The second-order valence-corrected chi connectivity index (χ2v) is 6.53. The molecule has 0 radical (unpaired) electrons. The monoisotopic (exact) mass is 325 g/mol. The number of pyridine rings is 1. The predicted octanol–water partition coefficient (Wildman–Crippen LogP) is 3.26. The zero-order valence-corrected chi connectivity index (χ0v) is 13.8. The zero-order chi connectivity index (χ0) is 17.5. The number of aromatic nitrogens is 3. The molecule has 7 nitrogen and oxygen atoms in total. The van der Waals surface area contributed by atoms with E-state index in [9.17, 15) is 9.90 Å². The summed E-state index contributed by atoms with van der Waals surface area (Å²) in [6, 6.07) is 11.1. The molecule has 0 aliphatic heterocycles. The van der Waals surface area contributed by atoms with E-state index in [1.165, 1.54) is 4.90 Å². The van der Waals surface area contributed by atoms with Crippen molar-refractivity contribution in [1.82, 2.24) is 14.6 Å². The molecule has 0 spiro atoms. The van der Waals surface area contributed by atoms with Crippen LogP contribution in [0.5, 0.6) is 0 Å². The van der Waals surface area contributed by atoms with E-state index in [2.05, 4.69) is 10.1 Å². The molecule has 24 heavy (non-hydrogen) atoms. The van der Waals surface area contributed by atoms with E-state index in [1.807, 2.05) is 51.2 Å². The third kappa shape index (κ3) is 2.88. The summed E-state index contributed by atoms with van der Waals surface area (Å²) in [7, 11) is 0. The number of nitrogen functional groups attached to an aromatic ring is 1. The smallest absolute Gasteiger partial charge is 0.412 e. The van der Waals surface area contributed by atoms with Crippen LogP contribution in [0.3, 0.4) is 0 Å². The Morgan fingerprint density at radius 3 is 2.33 bits per heavy atom. The van der Waals surface area contributed by atoms with E-state index in [-0.39, 0.29) is 5.95 Å². The molecule has 0 saturated carbocycles. The Bertz CT molecular complexity index is 893. The molecule has 7 heteroatoms. The van der Waals surface area contributed by atoms with Gasteiger partial charge in [0.05, 0.1) is 0 Å². The predicted molar refractivity (Wildman–Crippen MR) is 93.1 cm³/mol. The van der Waals surface area contributed by atoms with Gasteiger partial charge in [-0.05, 0) is 50.6 Å². The van der Waals surface area contributed by atoms with Crippen LogP contribution in [0.4, 0.5) is 16.4 Å². The summed E-state index contributed by atoms with van der Waals surface area (Å²) in [6.45, 7) is 5.58. The van der Waals surface area contributed by atoms with E-state index in [1.54, 1.807) is 16.6 Å². The summed E-state index contributed by atoms with van der Waals surface area (Å²) in [5, 5.41) is 13.6. The first-order valence-electron chi connectivity index (χ1n) is 7.51. The highest BCUT2D eigenvalue weighted by Gasteiger charge is 2.27. The first-order chi connectivity index (χ1) is 11.3. The lowest BCUT2D eigenvalue weighted by molar-refractivity contribution is 0.195. The number of nitrogens with two attached hydrogens (primary N) is 1. The van der Waals surface area contributed by atoms with Crippen molar-refractivity contribution in [3.8, 4) is 11.1 Å². The summed E-state index contributed by atoms with van der Waals surface area (Å²) in [5.41, 5.74) is 8.28. The van der Waals surface area contributed by atoms with Gasteiger partial charge in [0.25, 0.3) is 0 Å². The molecule has 0 saturated heterocycles. The van der Waals surface area contributed by atoms with Gasteiger partial charge in [0, 0.05) is 23.0 Å². The number of hydrogen-bond acceptors (Lipinski definition) is 4. The maximum absolute atomic E-state index is 11.5. The van der Waals surface area contributed by atoms with Crippen LogP contribution in [0.1, 0.15) is 20.8 Å². The Kier molecular flexibility index (Phi) is 3.63. The fourth-order valence-electron chi connectivity index (χ4n) is 2.66. The summed E-state index contributed by atoms with van der Waals surface area (Å²) in [5.74, 6) is 0.227. The molecule has 0 atom stereocenters. The van der Waals surface area contributed by atoms with Crippen molar-refractivity contribution < 1.29 is 9.90 Å². The van der Waals surface area contributed by atoms with Crippen molar-refractivity contribution in [3.63, 3.8) is 0 Å². The molecule has 0 aliphatic rings. The first kappa shape index (κ1) is 15.8. The normalized spacial score (nSPS) is 11.6. The average molecular weight is 325 g/mol. The van der Waals surface area contributed by atoms with Gasteiger partial charge in [0.15, 0.2) is 5.65 Å². The number of rotatable bonds is 2.